The van der Waals surface area contributed by atoms with Crippen LogP contribution in [-0.4, -0.2) is 31.1 Å². The smallest absolute Gasteiger partial charge is 0.238 e. The number of carbonyl (C=O) groups excluding carboxylic acids is 1. The number of hydrogen-bond donors (Lipinski definition) is 1. The second-order valence-corrected chi connectivity index (χ2v) is 7.13. The highest BCUT2D eigenvalue weighted by atomic mass is 35.5. The van der Waals surface area contributed by atoms with Gasteiger partial charge in [-0.05, 0) is 26.0 Å². The van der Waals surface area contributed by atoms with E-state index >= 15 is 0 Å². The molecule has 2 heterocycles. The van der Waals surface area contributed by atoms with E-state index in [0.717, 1.165) is 5.56 Å². The average molecular weight is 378 g/mol. The van der Waals surface area contributed by atoms with Gasteiger partial charge in [-0.15, -0.1) is 10.2 Å². The number of thioether (sulfide) groups is 1. The van der Waals surface area contributed by atoms with Crippen molar-refractivity contribution >= 4 is 35.1 Å². The number of aromatic nitrogens is 4. The van der Waals surface area contributed by atoms with Gasteiger partial charge in [0.1, 0.15) is 5.76 Å². The molecule has 3 rings (SSSR count). The quantitative estimate of drug-likeness (QED) is 0.684. The van der Waals surface area contributed by atoms with Gasteiger partial charge >= 0.3 is 0 Å². The number of nitrogens with zero attached hydrogens (tertiary/aromatic N) is 4. The summed E-state index contributed by atoms with van der Waals surface area (Å²) in [6, 6.07) is 9.08. The van der Waals surface area contributed by atoms with Crippen molar-refractivity contribution in [1.29, 1.82) is 0 Å². The van der Waals surface area contributed by atoms with Crippen molar-refractivity contribution in [3.8, 4) is 11.4 Å². The lowest BCUT2D eigenvalue weighted by Gasteiger charge is -2.10. The zero-order valence-electron chi connectivity index (χ0n) is 13.9. The molecule has 0 saturated carbocycles. The monoisotopic (exact) mass is 377 g/mol. The van der Waals surface area contributed by atoms with Crippen molar-refractivity contribution < 1.29 is 9.32 Å². The third kappa shape index (κ3) is 3.85. The Balaban J connectivity index is 1.73. The highest BCUT2D eigenvalue weighted by molar-refractivity contribution is 8.00. The second kappa shape index (κ2) is 7.28. The van der Waals surface area contributed by atoms with Crippen LogP contribution in [0.3, 0.4) is 0 Å². The van der Waals surface area contributed by atoms with Crippen LogP contribution in [0.2, 0.25) is 5.02 Å². The summed E-state index contributed by atoms with van der Waals surface area (Å²) < 4.78 is 6.75. The van der Waals surface area contributed by atoms with Gasteiger partial charge in [-0.3, -0.25) is 4.79 Å². The zero-order valence-corrected chi connectivity index (χ0v) is 15.4. The van der Waals surface area contributed by atoms with Crippen LogP contribution in [0.4, 0.5) is 5.82 Å². The summed E-state index contributed by atoms with van der Waals surface area (Å²) in [5.74, 6) is 1.48. The minimum atomic E-state index is -0.390. The van der Waals surface area contributed by atoms with Crippen LogP contribution >= 0.6 is 23.4 Å². The van der Waals surface area contributed by atoms with Crippen molar-refractivity contribution in [2.24, 2.45) is 7.05 Å². The van der Waals surface area contributed by atoms with Gasteiger partial charge in [-0.25, -0.2) is 0 Å². The maximum absolute atomic E-state index is 12.3. The summed E-state index contributed by atoms with van der Waals surface area (Å²) in [5.41, 5.74) is 0.793. The van der Waals surface area contributed by atoms with Crippen LogP contribution < -0.4 is 5.32 Å². The number of hydrogen-bond acceptors (Lipinski definition) is 6. The van der Waals surface area contributed by atoms with Crippen LogP contribution in [0.1, 0.15) is 12.7 Å². The lowest BCUT2D eigenvalue weighted by Crippen LogP contribution is -2.23. The predicted octanol–water partition coefficient (Wildman–Crippen LogP) is 3.55. The molecule has 9 heteroatoms. The average Bonchev–Trinajstić information content (AvgIpc) is 3.14. The number of halogens is 1. The van der Waals surface area contributed by atoms with E-state index in [4.69, 9.17) is 16.1 Å². The fraction of sp³-hybridized carbons (Fsp3) is 0.250. The molecule has 3 aromatic rings. The SMILES string of the molecule is Cc1cc(NC(=O)[C@H](C)Sc2nnc(-c3ccccc3Cl)n2C)no1. The third-order valence-electron chi connectivity index (χ3n) is 3.48. The zero-order chi connectivity index (χ0) is 18.0. The Morgan fingerprint density at radius 3 is 2.80 bits per heavy atom. The van der Waals surface area contributed by atoms with E-state index in [1.807, 2.05) is 29.8 Å². The lowest BCUT2D eigenvalue weighted by atomic mass is 10.2. The molecule has 0 saturated heterocycles. The maximum Gasteiger partial charge on any atom is 0.238 e. The van der Waals surface area contributed by atoms with Gasteiger partial charge in [0, 0.05) is 18.7 Å². The second-order valence-electron chi connectivity index (χ2n) is 5.42. The fourth-order valence-electron chi connectivity index (χ4n) is 2.16. The maximum atomic E-state index is 12.3. The Morgan fingerprint density at radius 1 is 1.36 bits per heavy atom. The lowest BCUT2D eigenvalue weighted by molar-refractivity contribution is -0.115. The van der Waals surface area contributed by atoms with Crippen LogP contribution in [0.5, 0.6) is 0 Å². The number of nitrogens with one attached hydrogen (secondary N) is 1. The van der Waals surface area contributed by atoms with E-state index in [1.165, 1.54) is 11.8 Å². The van der Waals surface area contributed by atoms with E-state index in [2.05, 4.69) is 20.7 Å². The molecule has 1 aromatic carbocycles. The highest BCUT2D eigenvalue weighted by Gasteiger charge is 2.21. The molecule has 0 spiro atoms. The molecule has 25 heavy (non-hydrogen) atoms. The summed E-state index contributed by atoms with van der Waals surface area (Å²) in [6.07, 6.45) is 0. The third-order valence-corrected chi connectivity index (χ3v) is 4.94. The van der Waals surface area contributed by atoms with Crippen LogP contribution in [0.25, 0.3) is 11.4 Å². The molecule has 0 aliphatic carbocycles. The number of aryl methyl sites for hydroxylation is 1. The topological polar surface area (TPSA) is 85.8 Å². The Labute approximate surface area is 153 Å². The van der Waals surface area contributed by atoms with E-state index in [-0.39, 0.29) is 11.2 Å². The first-order valence-corrected chi connectivity index (χ1v) is 8.76. The Morgan fingerprint density at radius 2 is 2.12 bits per heavy atom. The highest BCUT2D eigenvalue weighted by Crippen LogP contribution is 2.29. The normalized spacial score (nSPS) is 12.2. The number of anilines is 1. The van der Waals surface area contributed by atoms with Crippen molar-refractivity contribution in [2.75, 3.05) is 5.32 Å². The molecule has 1 N–H and O–H groups in total. The molecule has 0 bridgehead atoms. The summed E-state index contributed by atoms with van der Waals surface area (Å²) in [5, 5.41) is 15.7. The molecule has 0 aliphatic rings. The van der Waals surface area contributed by atoms with E-state index in [9.17, 15) is 4.79 Å². The van der Waals surface area contributed by atoms with Crippen LogP contribution in [0.15, 0.2) is 40.0 Å². The summed E-state index contributed by atoms with van der Waals surface area (Å²) >= 11 is 7.52. The van der Waals surface area contributed by atoms with Crippen molar-refractivity contribution in [2.45, 2.75) is 24.3 Å². The molecule has 2 aromatic heterocycles. The predicted molar refractivity (Wildman–Crippen MR) is 96.6 cm³/mol. The number of carbonyl (C=O) groups is 1. The molecule has 0 unspecified atom stereocenters. The summed E-state index contributed by atoms with van der Waals surface area (Å²) in [4.78, 5) is 12.3. The molecule has 1 amide bonds. The van der Waals surface area contributed by atoms with E-state index in [0.29, 0.717) is 27.6 Å². The van der Waals surface area contributed by atoms with Crippen molar-refractivity contribution in [1.82, 2.24) is 19.9 Å². The molecule has 130 valence electrons. The summed E-state index contributed by atoms with van der Waals surface area (Å²) in [7, 11) is 1.84. The molecule has 0 aliphatic heterocycles. The Hall–Kier alpha value is -2.32. The van der Waals surface area contributed by atoms with Gasteiger partial charge in [-0.1, -0.05) is 40.7 Å². The number of amides is 1. The van der Waals surface area contributed by atoms with Crippen molar-refractivity contribution in [3.05, 3.63) is 41.1 Å². The van der Waals surface area contributed by atoms with Gasteiger partial charge in [0.15, 0.2) is 16.8 Å². The van der Waals surface area contributed by atoms with Crippen LogP contribution in [0, 0.1) is 6.92 Å². The van der Waals surface area contributed by atoms with Gasteiger partial charge in [0.25, 0.3) is 0 Å². The first-order valence-electron chi connectivity index (χ1n) is 7.51. The van der Waals surface area contributed by atoms with Crippen LogP contribution in [-0.2, 0) is 11.8 Å². The number of benzene rings is 1. The Bertz CT molecular complexity index is 908. The minimum absolute atomic E-state index is 0.194. The Kier molecular flexibility index (Phi) is 5.10. The first kappa shape index (κ1) is 17.5. The molecular weight excluding hydrogens is 362 g/mol. The number of rotatable bonds is 5. The molecule has 7 nitrogen and oxygen atoms in total. The van der Waals surface area contributed by atoms with Gasteiger partial charge in [0.05, 0.1) is 10.3 Å². The van der Waals surface area contributed by atoms with Gasteiger partial charge < -0.3 is 14.4 Å². The fourth-order valence-corrected chi connectivity index (χ4v) is 3.19. The standard InChI is InChI=1S/C16H16ClN5O2S/c1-9-8-13(21-24-9)18-15(23)10(2)25-16-20-19-14(22(16)3)11-6-4-5-7-12(11)17/h4-8,10H,1-3H3,(H,18,21,23)/t10-/m0/s1. The van der Waals surface area contributed by atoms with Crippen molar-refractivity contribution in [3.63, 3.8) is 0 Å². The van der Waals surface area contributed by atoms with Gasteiger partial charge in [0.2, 0.25) is 5.91 Å². The van der Waals surface area contributed by atoms with Gasteiger partial charge in [-0.2, -0.15) is 0 Å². The van der Waals surface area contributed by atoms with E-state index < -0.39 is 0 Å². The molecular formula is C16H16ClN5O2S. The summed E-state index contributed by atoms with van der Waals surface area (Å²) in [6.45, 7) is 3.55. The first-order chi connectivity index (χ1) is 12.0. The molecule has 0 fully saturated rings. The molecule has 1 atom stereocenters. The largest absolute Gasteiger partial charge is 0.360 e. The molecule has 0 radical (unpaired) electrons. The van der Waals surface area contributed by atoms with E-state index in [1.54, 1.807) is 26.0 Å². The minimum Gasteiger partial charge on any atom is -0.360 e.